The minimum Gasteiger partial charge on any atom is -0.310 e. The zero-order chi connectivity index (χ0) is 37.4. The van der Waals surface area contributed by atoms with Gasteiger partial charge in [-0.25, -0.2) is 9.97 Å². The summed E-state index contributed by atoms with van der Waals surface area (Å²) in [7, 11) is 0. The Labute approximate surface area is 326 Å². The average molecular weight is 716 g/mol. The number of fused-ring (bicyclic) bond motifs is 9. The first-order chi connectivity index (χ1) is 27.5. The normalized spacial score (nSPS) is 13.0. The second kappa shape index (κ2) is 12.5. The lowest BCUT2D eigenvalue weighted by Crippen LogP contribution is -2.15. The van der Waals surface area contributed by atoms with Gasteiger partial charge in [-0.1, -0.05) is 159 Å². The maximum absolute atomic E-state index is 5.47. The molecule has 0 saturated heterocycles. The standard InChI is InChI=1S/C53H37N3/c1-53(2)46-20-12-11-19-44(46)45-33-42(27-29-47(45)53)56(40-25-23-34-13-9-10-18-38(34)31-40)41-26-28-43-39(32-41)22-21-35-24-30-48-52(49(35)43)55-51(37-16-7-4-8-17-37)50(54-48)36-14-5-3-6-15-36/h3-33H,1-2H3. The van der Waals surface area contributed by atoms with E-state index in [1.165, 1.54) is 33.0 Å². The van der Waals surface area contributed by atoms with Gasteiger partial charge in [0.25, 0.3) is 0 Å². The first-order valence-electron chi connectivity index (χ1n) is 19.3. The highest BCUT2D eigenvalue weighted by Crippen LogP contribution is 2.51. The number of hydrogen-bond acceptors (Lipinski definition) is 3. The van der Waals surface area contributed by atoms with Gasteiger partial charge >= 0.3 is 0 Å². The summed E-state index contributed by atoms with van der Waals surface area (Å²) in [6, 6.07) is 67.7. The number of nitrogens with zero attached hydrogens (tertiary/aromatic N) is 3. The van der Waals surface area contributed by atoms with Crippen molar-refractivity contribution in [1.29, 1.82) is 0 Å². The van der Waals surface area contributed by atoms with Crippen molar-refractivity contribution >= 4 is 60.4 Å². The van der Waals surface area contributed by atoms with Gasteiger partial charge in [0, 0.05) is 39.0 Å². The van der Waals surface area contributed by atoms with Crippen LogP contribution >= 0.6 is 0 Å². The Morgan fingerprint density at radius 1 is 0.411 bits per heavy atom. The Morgan fingerprint density at radius 2 is 0.964 bits per heavy atom. The first-order valence-corrected chi connectivity index (χ1v) is 19.3. The fraction of sp³-hybridized carbons (Fsp3) is 0.0566. The van der Waals surface area contributed by atoms with E-state index in [0.717, 1.165) is 72.2 Å². The number of benzene rings is 9. The molecule has 0 saturated carbocycles. The summed E-state index contributed by atoms with van der Waals surface area (Å²) >= 11 is 0. The van der Waals surface area contributed by atoms with Crippen LogP contribution in [0.15, 0.2) is 188 Å². The van der Waals surface area contributed by atoms with Gasteiger partial charge in [0.05, 0.1) is 22.4 Å². The van der Waals surface area contributed by atoms with E-state index in [4.69, 9.17) is 9.97 Å². The zero-order valence-electron chi connectivity index (χ0n) is 31.2. The van der Waals surface area contributed by atoms with Crippen molar-refractivity contribution in [3.8, 4) is 33.6 Å². The van der Waals surface area contributed by atoms with Crippen molar-refractivity contribution in [2.45, 2.75) is 19.3 Å². The van der Waals surface area contributed by atoms with Crippen molar-refractivity contribution in [3.63, 3.8) is 0 Å². The Hall–Kier alpha value is -7.10. The van der Waals surface area contributed by atoms with Crippen LogP contribution in [-0.2, 0) is 5.41 Å². The van der Waals surface area contributed by atoms with Crippen LogP contribution in [0, 0.1) is 0 Å². The lowest BCUT2D eigenvalue weighted by molar-refractivity contribution is 0.660. The summed E-state index contributed by atoms with van der Waals surface area (Å²) in [5, 5.41) is 7.00. The van der Waals surface area contributed by atoms with E-state index in [9.17, 15) is 0 Å². The number of rotatable bonds is 5. The van der Waals surface area contributed by atoms with Crippen LogP contribution < -0.4 is 4.90 Å². The van der Waals surface area contributed by atoms with E-state index in [2.05, 4.69) is 195 Å². The van der Waals surface area contributed by atoms with Crippen LogP contribution in [0.5, 0.6) is 0 Å². The van der Waals surface area contributed by atoms with E-state index in [-0.39, 0.29) is 5.41 Å². The molecule has 1 aromatic heterocycles. The monoisotopic (exact) mass is 715 g/mol. The lowest BCUT2D eigenvalue weighted by atomic mass is 9.82. The third-order valence-corrected chi connectivity index (χ3v) is 11.8. The van der Waals surface area contributed by atoms with E-state index in [1.54, 1.807) is 0 Å². The molecular weight excluding hydrogens is 679 g/mol. The molecular formula is C53H37N3. The van der Waals surface area contributed by atoms with Crippen molar-refractivity contribution < 1.29 is 0 Å². The van der Waals surface area contributed by atoms with Crippen LogP contribution in [0.25, 0.3) is 77.0 Å². The third kappa shape index (κ3) is 5.05. The molecule has 9 aromatic carbocycles. The maximum atomic E-state index is 5.47. The summed E-state index contributed by atoms with van der Waals surface area (Å²) in [4.78, 5) is 13.2. The second-order valence-corrected chi connectivity index (χ2v) is 15.4. The molecule has 0 spiro atoms. The van der Waals surface area contributed by atoms with Gasteiger partial charge in [-0.15, -0.1) is 0 Å². The molecule has 0 amide bonds. The fourth-order valence-electron chi connectivity index (χ4n) is 9.00. The first kappa shape index (κ1) is 32.3. The predicted octanol–water partition coefficient (Wildman–Crippen LogP) is 14.2. The Bertz CT molecular complexity index is 3170. The molecule has 0 aliphatic heterocycles. The van der Waals surface area contributed by atoms with Crippen LogP contribution in [0.1, 0.15) is 25.0 Å². The minimum atomic E-state index is -0.0594. The molecule has 0 N–H and O–H groups in total. The predicted molar refractivity (Wildman–Crippen MR) is 235 cm³/mol. The average Bonchev–Trinajstić information content (AvgIpc) is 3.48. The zero-order valence-corrected chi connectivity index (χ0v) is 31.2. The summed E-state index contributed by atoms with van der Waals surface area (Å²) in [5.41, 5.74) is 14.3. The largest absolute Gasteiger partial charge is 0.310 e. The second-order valence-electron chi connectivity index (χ2n) is 15.4. The molecule has 3 heteroatoms. The lowest BCUT2D eigenvalue weighted by Gasteiger charge is -2.28. The van der Waals surface area contributed by atoms with Gasteiger partial charge in [-0.3, -0.25) is 0 Å². The number of hydrogen-bond donors (Lipinski definition) is 0. The molecule has 0 atom stereocenters. The van der Waals surface area contributed by atoms with Crippen molar-refractivity contribution in [1.82, 2.24) is 9.97 Å². The molecule has 0 bridgehead atoms. The fourth-order valence-corrected chi connectivity index (χ4v) is 9.00. The summed E-state index contributed by atoms with van der Waals surface area (Å²) in [6.07, 6.45) is 0. The minimum absolute atomic E-state index is 0.0594. The van der Waals surface area contributed by atoms with E-state index >= 15 is 0 Å². The smallest absolute Gasteiger partial charge is 0.0979 e. The van der Waals surface area contributed by atoms with E-state index in [0.29, 0.717) is 0 Å². The van der Waals surface area contributed by atoms with Gasteiger partial charge in [-0.05, 0) is 91.6 Å². The van der Waals surface area contributed by atoms with E-state index in [1.807, 2.05) is 12.1 Å². The molecule has 1 aliphatic carbocycles. The summed E-state index contributed by atoms with van der Waals surface area (Å²) in [5.74, 6) is 0. The van der Waals surface area contributed by atoms with E-state index < -0.39 is 0 Å². The van der Waals surface area contributed by atoms with Crippen LogP contribution in [0.2, 0.25) is 0 Å². The Balaban J connectivity index is 1.13. The molecule has 11 rings (SSSR count). The number of aromatic nitrogens is 2. The highest BCUT2D eigenvalue weighted by atomic mass is 15.1. The molecule has 0 unspecified atom stereocenters. The highest BCUT2D eigenvalue weighted by Gasteiger charge is 2.35. The summed E-state index contributed by atoms with van der Waals surface area (Å²) in [6.45, 7) is 4.68. The van der Waals surface area contributed by atoms with Crippen LogP contribution in [0.3, 0.4) is 0 Å². The molecule has 264 valence electrons. The highest BCUT2D eigenvalue weighted by molar-refractivity contribution is 6.19. The topological polar surface area (TPSA) is 29.0 Å². The summed E-state index contributed by atoms with van der Waals surface area (Å²) < 4.78 is 0. The van der Waals surface area contributed by atoms with Gasteiger partial charge < -0.3 is 4.90 Å². The SMILES string of the molecule is CC1(C)c2ccccc2-c2cc(N(c3ccc4ccccc4c3)c3ccc4c(ccc5ccc6nc(-c7ccccc7)c(-c7ccccc7)nc6c54)c3)ccc21. The molecule has 0 fully saturated rings. The molecule has 1 heterocycles. The van der Waals surface area contributed by atoms with Gasteiger partial charge in [0.1, 0.15) is 0 Å². The molecule has 0 radical (unpaired) electrons. The Kier molecular flexibility index (Phi) is 7.20. The van der Waals surface area contributed by atoms with Crippen molar-refractivity contribution in [2.75, 3.05) is 4.90 Å². The molecule has 10 aromatic rings. The van der Waals surface area contributed by atoms with Crippen molar-refractivity contribution in [3.05, 3.63) is 199 Å². The van der Waals surface area contributed by atoms with Crippen LogP contribution in [0.4, 0.5) is 17.1 Å². The third-order valence-electron chi connectivity index (χ3n) is 11.8. The maximum Gasteiger partial charge on any atom is 0.0979 e. The quantitative estimate of drug-likeness (QED) is 0.166. The Morgan fingerprint density at radius 3 is 1.75 bits per heavy atom. The van der Waals surface area contributed by atoms with Gasteiger partial charge in [0.15, 0.2) is 0 Å². The molecule has 56 heavy (non-hydrogen) atoms. The van der Waals surface area contributed by atoms with Gasteiger partial charge in [-0.2, -0.15) is 0 Å². The number of anilines is 3. The van der Waals surface area contributed by atoms with Crippen LogP contribution in [-0.4, -0.2) is 9.97 Å². The van der Waals surface area contributed by atoms with Crippen molar-refractivity contribution in [2.24, 2.45) is 0 Å². The molecule has 1 aliphatic rings. The van der Waals surface area contributed by atoms with Gasteiger partial charge in [0.2, 0.25) is 0 Å². The molecule has 3 nitrogen and oxygen atoms in total.